The van der Waals surface area contributed by atoms with Crippen molar-refractivity contribution < 1.29 is 9.53 Å². The predicted molar refractivity (Wildman–Crippen MR) is 125 cm³/mol. The van der Waals surface area contributed by atoms with Gasteiger partial charge in [-0.15, -0.1) is 0 Å². The molecule has 0 bridgehead atoms. The van der Waals surface area contributed by atoms with Gasteiger partial charge < -0.3 is 10.1 Å². The Hall–Kier alpha value is -2.41. The van der Waals surface area contributed by atoms with Crippen LogP contribution in [0.1, 0.15) is 15.9 Å². The van der Waals surface area contributed by atoms with Gasteiger partial charge in [-0.1, -0.05) is 70.0 Å². The summed E-state index contributed by atoms with van der Waals surface area (Å²) in [6.45, 7) is 0.453. The zero-order valence-electron chi connectivity index (χ0n) is 15.3. The van der Waals surface area contributed by atoms with E-state index in [2.05, 4.69) is 26.6 Å². The Kier molecular flexibility index (Phi) is 7.63. The molecule has 7 heteroatoms. The van der Waals surface area contributed by atoms with Gasteiger partial charge in [-0.2, -0.15) is 0 Å². The quantitative estimate of drug-likeness (QED) is 0.426. The Labute approximate surface area is 188 Å². The van der Waals surface area contributed by atoms with E-state index in [0.717, 1.165) is 10.9 Å². The van der Waals surface area contributed by atoms with E-state index < -0.39 is 0 Å². The number of carbonyl (C=O) groups is 1. The molecule has 0 aliphatic carbocycles. The fourth-order valence-corrected chi connectivity index (χ4v) is 3.36. The first kappa shape index (κ1) is 21.3. The third-order valence-corrected chi connectivity index (χ3v) is 5.05. The highest BCUT2D eigenvalue weighted by Crippen LogP contribution is 2.24. The number of benzene rings is 3. The van der Waals surface area contributed by atoms with Crippen LogP contribution < -0.4 is 15.4 Å². The predicted octanol–water partition coefficient (Wildman–Crippen LogP) is 5.85. The number of rotatable bonds is 6. The SMILES string of the molecule is O=C(NC(=S)Nc1ccccc1Cl)c1cc(Br)ccc1OCCc1ccccc1. The van der Waals surface area contributed by atoms with Crippen molar-refractivity contribution >= 4 is 56.5 Å². The number of hydrogen-bond donors (Lipinski definition) is 2. The van der Waals surface area contributed by atoms with E-state index >= 15 is 0 Å². The molecule has 148 valence electrons. The largest absolute Gasteiger partial charge is 0.492 e. The third-order valence-electron chi connectivity index (χ3n) is 4.03. The lowest BCUT2D eigenvalue weighted by Gasteiger charge is -2.14. The van der Waals surface area contributed by atoms with Gasteiger partial charge >= 0.3 is 0 Å². The van der Waals surface area contributed by atoms with E-state index in [0.29, 0.717) is 28.6 Å². The summed E-state index contributed by atoms with van der Waals surface area (Å²) < 4.78 is 6.64. The minimum absolute atomic E-state index is 0.151. The molecule has 3 aromatic carbocycles. The fourth-order valence-electron chi connectivity index (χ4n) is 2.62. The Bertz CT molecular complexity index is 1010. The van der Waals surface area contributed by atoms with Crippen molar-refractivity contribution in [3.8, 4) is 5.75 Å². The van der Waals surface area contributed by atoms with Crippen LogP contribution in [-0.2, 0) is 6.42 Å². The van der Waals surface area contributed by atoms with Crippen LogP contribution in [0, 0.1) is 0 Å². The van der Waals surface area contributed by atoms with E-state index in [1.165, 1.54) is 5.56 Å². The van der Waals surface area contributed by atoms with Crippen molar-refractivity contribution in [2.45, 2.75) is 6.42 Å². The molecule has 4 nitrogen and oxygen atoms in total. The van der Waals surface area contributed by atoms with Crippen molar-refractivity contribution in [1.82, 2.24) is 5.32 Å². The van der Waals surface area contributed by atoms with Crippen LogP contribution in [0.15, 0.2) is 77.3 Å². The van der Waals surface area contributed by atoms with Crippen molar-refractivity contribution in [3.63, 3.8) is 0 Å². The number of ether oxygens (including phenoxy) is 1. The summed E-state index contributed by atoms with van der Waals surface area (Å²) >= 11 is 14.8. The molecule has 29 heavy (non-hydrogen) atoms. The minimum atomic E-state index is -0.370. The van der Waals surface area contributed by atoms with Gasteiger partial charge in [0.25, 0.3) is 5.91 Å². The van der Waals surface area contributed by atoms with Crippen LogP contribution >= 0.6 is 39.7 Å². The summed E-state index contributed by atoms with van der Waals surface area (Å²) in [6.07, 6.45) is 0.741. The summed E-state index contributed by atoms with van der Waals surface area (Å²) in [5.74, 6) is 0.118. The molecule has 2 N–H and O–H groups in total. The van der Waals surface area contributed by atoms with Gasteiger partial charge in [-0.05, 0) is 48.1 Å². The number of halogens is 2. The first-order valence-electron chi connectivity index (χ1n) is 8.86. The summed E-state index contributed by atoms with van der Waals surface area (Å²) in [6, 6.07) is 22.5. The number of anilines is 1. The smallest absolute Gasteiger partial charge is 0.261 e. The molecule has 0 saturated carbocycles. The Balaban J connectivity index is 1.65. The van der Waals surface area contributed by atoms with E-state index in [1.54, 1.807) is 24.3 Å². The van der Waals surface area contributed by atoms with Crippen molar-refractivity contribution in [3.05, 3.63) is 93.4 Å². The monoisotopic (exact) mass is 488 g/mol. The molecule has 0 saturated heterocycles. The van der Waals surface area contributed by atoms with Gasteiger partial charge in [0.05, 0.1) is 22.9 Å². The van der Waals surface area contributed by atoms with Crippen molar-refractivity contribution in [1.29, 1.82) is 0 Å². The maximum Gasteiger partial charge on any atom is 0.261 e. The molecule has 3 rings (SSSR count). The average Bonchev–Trinajstić information content (AvgIpc) is 2.71. The highest BCUT2D eigenvalue weighted by atomic mass is 79.9. The molecule has 1 amide bonds. The van der Waals surface area contributed by atoms with Gasteiger partial charge in [-0.25, -0.2) is 0 Å². The maximum atomic E-state index is 12.8. The number of thiocarbonyl (C=S) groups is 1. The second-order valence-corrected chi connectivity index (χ2v) is 7.84. The zero-order valence-corrected chi connectivity index (χ0v) is 18.5. The number of nitrogens with one attached hydrogen (secondary N) is 2. The standard InChI is InChI=1S/C22H18BrClN2O2S/c23-16-10-11-20(28-13-12-15-6-2-1-3-7-15)17(14-16)21(27)26-22(29)25-19-9-5-4-8-18(19)24/h1-11,14H,12-13H2,(H2,25,26,27,29). The normalized spacial score (nSPS) is 10.3. The summed E-state index contributed by atoms with van der Waals surface area (Å²) in [5.41, 5.74) is 2.17. The second-order valence-electron chi connectivity index (χ2n) is 6.11. The highest BCUT2D eigenvalue weighted by Gasteiger charge is 2.15. The number of carbonyl (C=O) groups excluding carboxylic acids is 1. The third kappa shape index (κ3) is 6.29. The number of amides is 1. The van der Waals surface area contributed by atoms with E-state index in [9.17, 15) is 4.79 Å². The van der Waals surface area contributed by atoms with Crippen LogP contribution in [0.2, 0.25) is 5.02 Å². The molecule has 0 radical (unpaired) electrons. The maximum absolute atomic E-state index is 12.8. The Morgan fingerprint density at radius 2 is 1.76 bits per heavy atom. The lowest BCUT2D eigenvalue weighted by Crippen LogP contribution is -2.34. The van der Waals surface area contributed by atoms with Gasteiger partial charge in [-0.3, -0.25) is 10.1 Å². The van der Waals surface area contributed by atoms with Crippen LogP contribution in [0.3, 0.4) is 0 Å². The van der Waals surface area contributed by atoms with Gasteiger partial charge in [0.15, 0.2) is 5.11 Å². The first-order valence-corrected chi connectivity index (χ1v) is 10.4. The van der Waals surface area contributed by atoms with Crippen molar-refractivity contribution in [2.24, 2.45) is 0 Å². The van der Waals surface area contributed by atoms with Crippen LogP contribution in [0.25, 0.3) is 0 Å². The van der Waals surface area contributed by atoms with Crippen LogP contribution in [0.4, 0.5) is 5.69 Å². The number of para-hydroxylation sites is 1. The van der Waals surface area contributed by atoms with Crippen LogP contribution in [-0.4, -0.2) is 17.6 Å². The molecule has 3 aromatic rings. The fraction of sp³-hybridized carbons (Fsp3) is 0.0909. The van der Waals surface area contributed by atoms with Crippen LogP contribution in [0.5, 0.6) is 5.75 Å². The Morgan fingerprint density at radius 3 is 2.52 bits per heavy atom. The lowest BCUT2D eigenvalue weighted by molar-refractivity contribution is 0.0973. The highest BCUT2D eigenvalue weighted by molar-refractivity contribution is 9.10. The lowest BCUT2D eigenvalue weighted by atomic mass is 10.1. The first-order chi connectivity index (χ1) is 14.0. The van der Waals surface area contributed by atoms with E-state index in [-0.39, 0.29) is 11.0 Å². The summed E-state index contributed by atoms with van der Waals surface area (Å²) in [4.78, 5) is 12.8. The second kappa shape index (κ2) is 10.4. The van der Waals surface area contributed by atoms with Gasteiger partial charge in [0.1, 0.15) is 5.75 Å². The molecule has 0 fully saturated rings. The minimum Gasteiger partial charge on any atom is -0.492 e. The van der Waals surface area contributed by atoms with E-state index in [1.807, 2.05) is 48.5 Å². The molecular weight excluding hydrogens is 472 g/mol. The number of hydrogen-bond acceptors (Lipinski definition) is 3. The molecule has 0 spiro atoms. The molecule has 0 heterocycles. The zero-order chi connectivity index (χ0) is 20.6. The van der Waals surface area contributed by atoms with Gasteiger partial charge in [0, 0.05) is 10.9 Å². The molecule has 0 unspecified atom stereocenters. The average molecular weight is 490 g/mol. The molecular formula is C22H18BrClN2O2S. The molecule has 0 atom stereocenters. The molecule has 0 aliphatic rings. The summed E-state index contributed by atoms with van der Waals surface area (Å²) in [5, 5.41) is 6.26. The summed E-state index contributed by atoms with van der Waals surface area (Å²) in [7, 11) is 0. The molecule has 0 aliphatic heterocycles. The topological polar surface area (TPSA) is 50.4 Å². The van der Waals surface area contributed by atoms with Crippen molar-refractivity contribution in [2.75, 3.05) is 11.9 Å². The van der Waals surface area contributed by atoms with Gasteiger partial charge in [0.2, 0.25) is 0 Å². The molecule has 0 aromatic heterocycles. The van der Waals surface area contributed by atoms with E-state index in [4.69, 9.17) is 28.6 Å². The Morgan fingerprint density at radius 1 is 1.03 bits per heavy atom.